The number of fused-ring (bicyclic) bond motifs is 1. The molecule has 20 heavy (non-hydrogen) atoms. The topological polar surface area (TPSA) is 30.0 Å². The number of halogens is 1. The van der Waals surface area contributed by atoms with Crippen molar-refractivity contribution in [3.8, 4) is 0 Å². The summed E-state index contributed by atoms with van der Waals surface area (Å²) in [7, 11) is 0. The molecule has 0 unspecified atom stereocenters. The average molecular weight is 282 g/mol. The SMILES string of the molecule is Cc1ccc(Cl)cc1C(=O)c1cccc2ccncc12. The van der Waals surface area contributed by atoms with Crippen molar-refractivity contribution in [3.63, 3.8) is 0 Å². The molecule has 0 bridgehead atoms. The first-order chi connectivity index (χ1) is 9.66. The zero-order valence-electron chi connectivity index (χ0n) is 10.9. The van der Waals surface area contributed by atoms with Gasteiger partial charge in [0.15, 0.2) is 5.78 Å². The predicted octanol–water partition coefficient (Wildman–Crippen LogP) is 4.43. The second-order valence-corrected chi connectivity index (χ2v) is 5.13. The molecule has 1 aromatic heterocycles. The molecule has 1 heterocycles. The summed E-state index contributed by atoms with van der Waals surface area (Å²) < 4.78 is 0. The lowest BCUT2D eigenvalue weighted by Gasteiger charge is -2.08. The Balaban J connectivity index is 2.20. The van der Waals surface area contributed by atoms with E-state index in [4.69, 9.17) is 11.6 Å². The summed E-state index contributed by atoms with van der Waals surface area (Å²) in [6, 6.07) is 12.9. The third-order valence-electron chi connectivity index (χ3n) is 3.37. The van der Waals surface area contributed by atoms with Gasteiger partial charge in [0.1, 0.15) is 0 Å². The number of pyridine rings is 1. The minimum absolute atomic E-state index is 0.0244. The molecule has 3 rings (SSSR count). The molecular weight excluding hydrogens is 270 g/mol. The van der Waals surface area contributed by atoms with Gasteiger partial charge in [-0.2, -0.15) is 0 Å². The maximum Gasteiger partial charge on any atom is 0.194 e. The molecule has 98 valence electrons. The molecule has 0 radical (unpaired) electrons. The number of ketones is 1. The van der Waals surface area contributed by atoms with Crippen molar-refractivity contribution in [2.45, 2.75) is 6.92 Å². The zero-order chi connectivity index (χ0) is 14.1. The molecule has 0 amide bonds. The van der Waals surface area contributed by atoms with Crippen LogP contribution in [0.25, 0.3) is 10.8 Å². The van der Waals surface area contributed by atoms with Crippen LogP contribution in [0.4, 0.5) is 0 Å². The van der Waals surface area contributed by atoms with Gasteiger partial charge in [-0.25, -0.2) is 0 Å². The number of hydrogen-bond donors (Lipinski definition) is 0. The number of carbonyl (C=O) groups excluding carboxylic acids is 1. The minimum atomic E-state index is -0.0244. The van der Waals surface area contributed by atoms with Crippen LogP contribution in [0.3, 0.4) is 0 Å². The van der Waals surface area contributed by atoms with Gasteiger partial charge < -0.3 is 0 Å². The van der Waals surface area contributed by atoms with Gasteiger partial charge >= 0.3 is 0 Å². The van der Waals surface area contributed by atoms with Crippen LogP contribution < -0.4 is 0 Å². The van der Waals surface area contributed by atoms with Gasteiger partial charge in [0.05, 0.1) is 0 Å². The van der Waals surface area contributed by atoms with Crippen molar-refractivity contribution in [1.82, 2.24) is 4.98 Å². The van der Waals surface area contributed by atoms with Crippen molar-refractivity contribution in [3.05, 3.63) is 76.6 Å². The first-order valence-corrected chi connectivity index (χ1v) is 6.68. The van der Waals surface area contributed by atoms with Crippen LogP contribution in [-0.2, 0) is 0 Å². The van der Waals surface area contributed by atoms with E-state index < -0.39 is 0 Å². The maximum absolute atomic E-state index is 12.7. The summed E-state index contributed by atoms with van der Waals surface area (Å²) in [6.45, 7) is 1.91. The Bertz CT molecular complexity index is 806. The quantitative estimate of drug-likeness (QED) is 0.651. The Hall–Kier alpha value is -2.19. The Kier molecular flexibility index (Phi) is 3.25. The van der Waals surface area contributed by atoms with Gasteiger partial charge in [0, 0.05) is 33.9 Å². The van der Waals surface area contributed by atoms with Crippen molar-refractivity contribution in [1.29, 1.82) is 0 Å². The Morgan fingerprint density at radius 1 is 1.10 bits per heavy atom. The van der Waals surface area contributed by atoms with Crippen LogP contribution >= 0.6 is 11.6 Å². The minimum Gasteiger partial charge on any atom is -0.289 e. The lowest BCUT2D eigenvalue weighted by atomic mass is 9.96. The summed E-state index contributed by atoms with van der Waals surface area (Å²) in [5.41, 5.74) is 2.20. The molecule has 3 heteroatoms. The van der Waals surface area contributed by atoms with Crippen molar-refractivity contribution in [2.75, 3.05) is 0 Å². The van der Waals surface area contributed by atoms with Crippen LogP contribution in [0, 0.1) is 6.92 Å². The molecule has 2 nitrogen and oxygen atoms in total. The Morgan fingerprint density at radius 3 is 2.80 bits per heavy atom. The molecule has 0 N–H and O–H groups in total. The van der Waals surface area contributed by atoms with Gasteiger partial charge in [-0.05, 0) is 36.1 Å². The fourth-order valence-corrected chi connectivity index (χ4v) is 2.47. The van der Waals surface area contributed by atoms with Crippen LogP contribution in [0.15, 0.2) is 54.9 Å². The standard InChI is InChI=1S/C17H12ClNO/c1-11-5-6-13(18)9-15(11)17(20)14-4-2-3-12-7-8-19-10-16(12)14/h2-10H,1H3. The van der Waals surface area contributed by atoms with Crippen LogP contribution in [-0.4, -0.2) is 10.8 Å². The van der Waals surface area contributed by atoms with Crippen molar-refractivity contribution >= 4 is 28.2 Å². The highest BCUT2D eigenvalue weighted by molar-refractivity contribution is 6.31. The van der Waals surface area contributed by atoms with E-state index in [1.54, 1.807) is 24.5 Å². The second kappa shape index (κ2) is 5.06. The molecule has 0 atom stereocenters. The lowest BCUT2D eigenvalue weighted by molar-refractivity contribution is 0.103. The van der Waals surface area contributed by atoms with E-state index in [0.717, 1.165) is 16.3 Å². The highest BCUT2D eigenvalue weighted by atomic mass is 35.5. The van der Waals surface area contributed by atoms with Gasteiger partial charge in [-0.15, -0.1) is 0 Å². The summed E-state index contributed by atoms with van der Waals surface area (Å²) in [4.78, 5) is 16.9. The normalized spacial score (nSPS) is 10.7. The molecule has 2 aromatic carbocycles. The average Bonchev–Trinajstić information content (AvgIpc) is 2.48. The number of carbonyl (C=O) groups is 1. The predicted molar refractivity (Wildman–Crippen MR) is 81.4 cm³/mol. The molecule has 0 fully saturated rings. The zero-order valence-corrected chi connectivity index (χ0v) is 11.7. The summed E-state index contributed by atoms with van der Waals surface area (Å²) in [5, 5.41) is 2.43. The summed E-state index contributed by atoms with van der Waals surface area (Å²) >= 11 is 6.00. The molecular formula is C17H12ClNO. The van der Waals surface area contributed by atoms with Gasteiger partial charge in [-0.1, -0.05) is 35.9 Å². The van der Waals surface area contributed by atoms with Crippen LogP contribution in [0.2, 0.25) is 5.02 Å². The lowest BCUT2D eigenvalue weighted by Crippen LogP contribution is -2.04. The van der Waals surface area contributed by atoms with E-state index in [1.807, 2.05) is 37.3 Å². The van der Waals surface area contributed by atoms with E-state index in [9.17, 15) is 4.79 Å². The van der Waals surface area contributed by atoms with Crippen molar-refractivity contribution in [2.24, 2.45) is 0 Å². The Labute approximate surface area is 122 Å². The van der Waals surface area contributed by atoms with Gasteiger partial charge in [-0.3, -0.25) is 9.78 Å². The molecule has 0 aliphatic carbocycles. The van der Waals surface area contributed by atoms with E-state index in [-0.39, 0.29) is 5.78 Å². The summed E-state index contributed by atoms with van der Waals surface area (Å²) in [5.74, 6) is -0.0244. The number of aromatic nitrogens is 1. The molecule has 0 spiro atoms. The molecule has 0 saturated carbocycles. The number of rotatable bonds is 2. The molecule has 0 saturated heterocycles. The van der Waals surface area contributed by atoms with Crippen molar-refractivity contribution < 1.29 is 4.79 Å². The van der Waals surface area contributed by atoms with E-state index in [1.165, 1.54) is 0 Å². The number of aryl methyl sites for hydroxylation is 1. The first-order valence-electron chi connectivity index (χ1n) is 6.30. The second-order valence-electron chi connectivity index (χ2n) is 4.69. The Morgan fingerprint density at radius 2 is 1.95 bits per heavy atom. The largest absolute Gasteiger partial charge is 0.289 e. The third-order valence-corrected chi connectivity index (χ3v) is 3.61. The highest BCUT2D eigenvalue weighted by Crippen LogP contribution is 2.23. The first kappa shape index (κ1) is 12.8. The third kappa shape index (κ3) is 2.19. The number of benzene rings is 2. The number of hydrogen-bond acceptors (Lipinski definition) is 2. The number of nitrogens with zero attached hydrogens (tertiary/aromatic N) is 1. The van der Waals surface area contributed by atoms with Crippen LogP contribution in [0.1, 0.15) is 21.5 Å². The molecule has 0 aliphatic heterocycles. The van der Waals surface area contributed by atoms with E-state index in [2.05, 4.69) is 4.98 Å². The van der Waals surface area contributed by atoms with Gasteiger partial charge in [0.2, 0.25) is 0 Å². The molecule has 0 aliphatic rings. The van der Waals surface area contributed by atoms with E-state index in [0.29, 0.717) is 16.1 Å². The van der Waals surface area contributed by atoms with Gasteiger partial charge in [0.25, 0.3) is 0 Å². The smallest absolute Gasteiger partial charge is 0.194 e. The van der Waals surface area contributed by atoms with Crippen LogP contribution in [0.5, 0.6) is 0 Å². The summed E-state index contributed by atoms with van der Waals surface area (Å²) in [6.07, 6.45) is 3.45. The maximum atomic E-state index is 12.7. The fraction of sp³-hybridized carbons (Fsp3) is 0.0588. The molecule has 3 aromatic rings. The monoisotopic (exact) mass is 281 g/mol. The fourth-order valence-electron chi connectivity index (χ4n) is 2.30. The highest BCUT2D eigenvalue weighted by Gasteiger charge is 2.15. The van der Waals surface area contributed by atoms with E-state index >= 15 is 0 Å².